The molecule has 158 valence electrons. The highest BCUT2D eigenvalue weighted by Gasteiger charge is 2.26. The smallest absolute Gasteiger partial charge is 0.263 e. The summed E-state index contributed by atoms with van der Waals surface area (Å²) in [7, 11) is 2.15. The summed E-state index contributed by atoms with van der Waals surface area (Å²) in [6, 6.07) is 18.8. The van der Waals surface area contributed by atoms with Gasteiger partial charge in [-0.25, -0.2) is 4.98 Å². The lowest BCUT2D eigenvalue weighted by atomic mass is 10.0. The number of rotatable bonds is 3. The highest BCUT2D eigenvalue weighted by Crippen LogP contribution is 2.37. The van der Waals surface area contributed by atoms with E-state index in [0.717, 1.165) is 63.5 Å². The van der Waals surface area contributed by atoms with Crippen molar-refractivity contribution in [2.45, 2.75) is 32.7 Å². The Morgan fingerprint density at radius 3 is 2.29 bits per heavy atom. The summed E-state index contributed by atoms with van der Waals surface area (Å²) in [5, 5.41) is 0.767. The molecule has 0 radical (unpaired) electrons. The second-order valence-electron chi connectivity index (χ2n) is 8.59. The summed E-state index contributed by atoms with van der Waals surface area (Å²) in [4.78, 5) is 23.5. The molecule has 0 saturated carbocycles. The maximum atomic E-state index is 14.1. The average molecular weight is 430 g/mol. The fourth-order valence-corrected chi connectivity index (χ4v) is 5.66. The Balaban J connectivity index is 1.79. The zero-order valence-corrected chi connectivity index (χ0v) is 19.1. The van der Waals surface area contributed by atoms with Crippen LogP contribution in [0, 0.1) is 13.8 Å². The molecule has 4 aromatic rings. The maximum absolute atomic E-state index is 14.1. The average Bonchev–Trinajstić information content (AvgIpc) is 3.12. The standard InChI is InChI=1S/C26H27N3OS/c1-17-9-11-20(12-10-17)24-27-25-23(22(18(2)31-25)19-7-5-4-6-8-19)26(30)29(24)21-13-15-28(3)16-14-21/h4-12,21H,13-16H2,1-3H3. The van der Waals surface area contributed by atoms with Gasteiger partial charge in [0.15, 0.2) is 0 Å². The van der Waals surface area contributed by atoms with Gasteiger partial charge in [0.1, 0.15) is 10.7 Å². The highest BCUT2D eigenvalue weighted by molar-refractivity contribution is 7.19. The van der Waals surface area contributed by atoms with E-state index in [4.69, 9.17) is 4.98 Å². The first-order valence-corrected chi connectivity index (χ1v) is 11.7. The number of likely N-dealkylation sites (tertiary alicyclic amines) is 1. The quantitative estimate of drug-likeness (QED) is 0.421. The molecule has 2 aromatic carbocycles. The Morgan fingerprint density at radius 2 is 1.61 bits per heavy atom. The molecule has 0 unspecified atom stereocenters. The zero-order chi connectivity index (χ0) is 21.5. The Hall–Kier alpha value is -2.76. The number of fused-ring (bicyclic) bond motifs is 1. The predicted octanol–water partition coefficient (Wildman–Crippen LogP) is 5.68. The van der Waals surface area contributed by atoms with E-state index in [2.05, 4.69) is 62.2 Å². The maximum Gasteiger partial charge on any atom is 0.263 e. The van der Waals surface area contributed by atoms with Gasteiger partial charge in [0.05, 0.1) is 5.39 Å². The molecule has 1 saturated heterocycles. The van der Waals surface area contributed by atoms with Crippen LogP contribution in [0.5, 0.6) is 0 Å². The van der Waals surface area contributed by atoms with Crippen molar-refractivity contribution < 1.29 is 0 Å². The van der Waals surface area contributed by atoms with Gasteiger partial charge in [-0.3, -0.25) is 9.36 Å². The van der Waals surface area contributed by atoms with Crippen LogP contribution in [0.3, 0.4) is 0 Å². The number of aromatic nitrogens is 2. The summed E-state index contributed by atoms with van der Waals surface area (Å²) < 4.78 is 2.00. The van der Waals surface area contributed by atoms with E-state index in [-0.39, 0.29) is 11.6 Å². The fraction of sp³-hybridized carbons (Fsp3) is 0.308. The van der Waals surface area contributed by atoms with Gasteiger partial charge in [0, 0.05) is 22.0 Å². The van der Waals surface area contributed by atoms with Crippen LogP contribution in [0.25, 0.3) is 32.7 Å². The van der Waals surface area contributed by atoms with Gasteiger partial charge in [0.2, 0.25) is 0 Å². The van der Waals surface area contributed by atoms with E-state index in [0.29, 0.717) is 0 Å². The van der Waals surface area contributed by atoms with Gasteiger partial charge in [-0.1, -0.05) is 60.2 Å². The third-order valence-corrected chi connectivity index (χ3v) is 7.36. The first kappa shape index (κ1) is 20.2. The van der Waals surface area contributed by atoms with Gasteiger partial charge in [0.25, 0.3) is 5.56 Å². The lowest BCUT2D eigenvalue weighted by molar-refractivity contribution is 0.219. The molecule has 0 amide bonds. The molecule has 4 nitrogen and oxygen atoms in total. The molecule has 0 bridgehead atoms. The second-order valence-corrected chi connectivity index (χ2v) is 9.79. The van der Waals surface area contributed by atoms with E-state index in [9.17, 15) is 4.79 Å². The van der Waals surface area contributed by atoms with Gasteiger partial charge in [-0.05, 0) is 52.4 Å². The van der Waals surface area contributed by atoms with Crippen molar-refractivity contribution in [1.82, 2.24) is 14.5 Å². The first-order chi connectivity index (χ1) is 15.0. The van der Waals surface area contributed by atoms with Crippen LogP contribution < -0.4 is 5.56 Å². The molecular weight excluding hydrogens is 402 g/mol. The minimum absolute atomic E-state index is 0.0957. The lowest BCUT2D eigenvalue weighted by Gasteiger charge is -2.31. The minimum atomic E-state index is 0.0957. The summed E-state index contributed by atoms with van der Waals surface area (Å²) in [6.07, 6.45) is 1.93. The van der Waals surface area contributed by atoms with Crippen LogP contribution in [0.15, 0.2) is 59.4 Å². The number of benzene rings is 2. The Labute approximate surface area is 186 Å². The molecule has 2 aromatic heterocycles. The molecule has 5 rings (SSSR count). The van der Waals surface area contributed by atoms with Crippen molar-refractivity contribution in [1.29, 1.82) is 0 Å². The van der Waals surface area contributed by atoms with Gasteiger partial charge in [-0.15, -0.1) is 11.3 Å². The number of nitrogens with zero attached hydrogens (tertiary/aromatic N) is 3. The second kappa shape index (κ2) is 8.06. The topological polar surface area (TPSA) is 38.1 Å². The molecule has 3 heterocycles. The van der Waals surface area contributed by atoms with E-state index >= 15 is 0 Å². The van der Waals surface area contributed by atoms with E-state index < -0.39 is 0 Å². The normalized spacial score (nSPS) is 15.6. The lowest BCUT2D eigenvalue weighted by Crippen LogP contribution is -2.36. The van der Waals surface area contributed by atoms with Crippen LogP contribution in [0.1, 0.15) is 29.3 Å². The number of hydrogen-bond acceptors (Lipinski definition) is 4. The zero-order valence-electron chi connectivity index (χ0n) is 18.3. The molecule has 0 aliphatic carbocycles. The number of piperidine rings is 1. The number of aryl methyl sites for hydroxylation is 2. The molecule has 1 fully saturated rings. The monoisotopic (exact) mass is 429 g/mol. The highest BCUT2D eigenvalue weighted by atomic mass is 32.1. The number of thiophene rings is 1. The Morgan fingerprint density at radius 1 is 0.935 bits per heavy atom. The van der Waals surface area contributed by atoms with Crippen LogP contribution in [-0.2, 0) is 0 Å². The third-order valence-electron chi connectivity index (χ3n) is 6.36. The van der Waals surface area contributed by atoms with Crippen LogP contribution >= 0.6 is 11.3 Å². The van der Waals surface area contributed by atoms with Crippen LogP contribution in [-0.4, -0.2) is 34.6 Å². The number of hydrogen-bond donors (Lipinski definition) is 0. The molecule has 0 N–H and O–H groups in total. The molecule has 1 aliphatic rings. The molecular formula is C26H27N3OS. The van der Waals surface area contributed by atoms with E-state index in [1.807, 2.05) is 22.8 Å². The van der Waals surface area contributed by atoms with Crippen molar-refractivity contribution in [2.24, 2.45) is 0 Å². The van der Waals surface area contributed by atoms with E-state index in [1.165, 1.54) is 5.56 Å². The van der Waals surface area contributed by atoms with Crippen LogP contribution in [0.2, 0.25) is 0 Å². The Bertz CT molecular complexity index is 1280. The SMILES string of the molecule is Cc1ccc(-c2nc3sc(C)c(-c4ccccc4)c3c(=O)n2C2CCN(C)CC2)cc1. The summed E-state index contributed by atoms with van der Waals surface area (Å²) in [5.74, 6) is 0.799. The van der Waals surface area contributed by atoms with Gasteiger partial charge < -0.3 is 4.90 Å². The van der Waals surface area contributed by atoms with Crippen molar-refractivity contribution >= 4 is 21.6 Å². The molecule has 0 atom stereocenters. The van der Waals surface area contributed by atoms with Gasteiger partial charge >= 0.3 is 0 Å². The summed E-state index contributed by atoms with van der Waals surface area (Å²) in [5.41, 5.74) is 4.43. The van der Waals surface area contributed by atoms with Crippen molar-refractivity contribution in [3.63, 3.8) is 0 Å². The van der Waals surface area contributed by atoms with Crippen LogP contribution in [0.4, 0.5) is 0 Å². The van der Waals surface area contributed by atoms with Crippen molar-refractivity contribution in [3.05, 3.63) is 75.4 Å². The summed E-state index contributed by atoms with van der Waals surface area (Å²) >= 11 is 1.62. The first-order valence-electron chi connectivity index (χ1n) is 10.9. The van der Waals surface area contributed by atoms with Crippen molar-refractivity contribution in [3.8, 4) is 22.5 Å². The fourth-order valence-electron chi connectivity index (χ4n) is 4.62. The van der Waals surface area contributed by atoms with E-state index in [1.54, 1.807) is 11.3 Å². The molecule has 0 spiro atoms. The molecule has 5 heteroatoms. The van der Waals surface area contributed by atoms with Crippen molar-refractivity contribution in [2.75, 3.05) is 20.1 Å². The third kappa shape index (κ3) is 3.62. The largest absolute Gasteiger partial charge is 0.306 e. The Kier molecular flexibility index (Phi) is 5.24. The molecule has 1 aliphatic heterocycles. The molecule has 31 heavy (non-hydrogen) atoms. The summed E-state index contributed by atoms with van der Waals surface area (Å²) in [6.45, 7) is 6.17. The van der Waals surface area contributed by atoms with Gasteiger partial charge in [-0.2, -0.15) is 0 Å². The minimum Gasteiger partial charge on any atom is -0.306 e. The predicted molar refractivity (Wildman–Crippen MR) is 130 cm³/mol.